The lowest BCUT2D eigenvalue weighted by Gasteiger charge is -2.29. The van der Waals surface area contributed by atoms with Crippen LogP contribution in [0.2, 0.25) is 5.02 Å². The van der Waals surface area contributed by atoms with Crippen LogP contribution in [0.25, 0.3) is 10.9 Å². The number of aryl methyl sites for hydroxylation is 1. The van der Waals surface area contributed by atoms with Gasteiger partial charge in [0.05, 0.1) is 36.2 Å². The van der Waals surface area contributed by atoms with Gasteiger partial charge < -0.3 is 24.5 Å². The highest BCUT2D eigenvalue weighted by Gasteiger charge is 2.39. The topological polar surface area (TPSA) is 89.8 Å². The third-order valence-electron chi connectivity index (χ3n) is 5.81. The number of ether oxygens (including phenoxy) is 2. The molecule has 7 nitrogen and oxygen atoms in total. The largest absolute Gasteiger partial charge is 0.495 e. The quantitative estimate of drug-likeness (QED) is 0.609. The summed E-state index contributed by atoms with van der Waals surface area (Å²) in [5, 5.41) is 13.3. The first-order valence-corrected chi connectivity index (χ1v) is 10.3. The van der Waals surface area contributed by atoms with E-state index in [1.165, 1.54) is 0 Å². The predicted octanol–water partition coefficient (Wildman–Crippen LogP) is 3.51. The molecule has 1 aliphatic rings. The number of fused-ring (bicyclic) bond motifs is 1. The van der Waals surface area contributed by atoms with E-state index in [0.29, 0.717) is 41.7 Å². The number of methoxy groups -OCH3 is 1. The summed E-state index contributed by atoms with van der Waals surface area (Å²) in [5.74, 6) is -0.575. The number of benzene rings is 2. The van der Waals surface area contributed by atoms with Crippen LogP contribution < -0.4 is 10.1 Å². The average molecular weight is 443 g/mol. The van der Waals surface area contributed by atoms with Crippen molar-refractivity contribution in [3.63, 3.8) is 0 Å². The van der Waals surface area contributed by atoms with E-state index >= 15 is 0 Å². The lowest BCUT2D eigenvalue weighted by Crippen LogP contribution is -2.47. The molecule has 0 aliphatic carbocycles. The van der Waals surface area contributed by atoms with Crippen LogP contribution in [0.1, 0.15) is 28.0 Å². The van der Waals surface area contributed by atoms with E-state index < -0.39 is 11.5 Å². The number of nitrogens with zero attached hydrogens (tertiary/aromatic N) is 1. The van der Waals surface area contributed by atoms with E-state index in [0.717, 1.165) is 16.5 Å². The molecular formula is C23H23ClN2O5. The molecule has 2 heterocycles. The van der Waals surface area contributed by atoms with Crippen LogP contribution in [0.15, 0.2) is 42.5 Å². The Hall–Kier alpha value is -3.03. The zero-order chi connectivity index (χ0) is 22.2. The van der Waals surface area contributed by atoms with Crippen molar-refractivity contribution in [2.45, 2.75) is 18.4 Å². The van der Waals surface area contributed by atoms with Crippen molar-refractivity contribution in [1.82, 2.24) is 9.88 Å². The van der Waals surface area contributed by atoms with Gasteiger partial charge in [-0.3, -0.25) is 9.59 Å². The van der Waals surface area contributed by atoms with Crippen molar-refractivity contribution in [2.75, 3.05) is 20.3 Å². The number of hydrogen-bond acceptors (Lipinski definition) is 4. The Labute approximate surface area is 184 Å². The SMILES string of the molecule is COc1ccc2c(cc(C(=O)NC3(c4ccc(CC(=O)O)cc4)CCOC3)n2C)c1Cl. The third-order valence-corrected chi connectivity index (χ3v) is 6.20. The molecule has 1 saturated heterocycles. The Morgan fingerprint density at radius 3 is 2.61 bits per heavy atom. The molecule has 0 radical (unpaired) electrons. The first-order chi connectivity index (χ1) is 14.8. The van der Waals surface area contributed by atoms with Crippen molar-refractivity contribution < 1.29 is 24.2 Å². The maximum atomic E-state index is 13.3. The average Bonchev–Trinajstić information content (AvgIpc) is 3.34. The number of aromatic nitrogens is 1. The Bertz CT molecular complexity index is 1150. The Kier molecular flexibility index (Phi) is 5.64. The molecule has 0 spiro atoms. The lowest BCUT2D eigenvalue weighted by molar-refractivity contribution is -0.136. The molecule has 2 aromatic carbocycles. The molecular weight excluding hydrogens is 420 g/mol. The number of carbonyl (C=O) groups is 2. The van der Waals surface area contributed by atoms with E-state index in [9.17, 15) is 9.59 Å². The third kappa shape index (κ3) is 3.86. The van der Waals surface area contributed by atoms with Crippen LogP contribution >= 0.6 is 11.6 Å². The highest BCUT2D eigenvalue weighted by atomic mass is 35.5. The van der Waals surface area contributed by atoms with E-state index in [-0.39, 0.29) is 12.3 Å². The Morgan fingerprint density at radius 2 is 2.00 bits per heavy atom. The minimum Gasteiger partial charge on any atom is -0.495 e. The summed E-state index contributed by atoms with van der Waals surface area (Å²) in [7, 11) is 3.37. The van der Waals surface area contributed by atoms with Crippen LogP contribution in [-0.4, -0.2) is 41.9 Å². The number of carboxylic acids is 1. The molecule has 1 aromatic heterocycles. The second kappa shape index (κ2) is 8.24. The van der Waals surface area contributed by atoms with Gasteiger partial charge in [0.25, 0.3) is 5.91 Å². The Balaban J connectivity index is 1.66. The van der Waals surface area contributed by atoms with E-state index in [1.54, 1.807) is 35.9 Å². The van der Waals surface area contributed by atoms with Crippen LogP contribution in [0, 0.1) is 0 Å². The predicted molar refractivity (Wildman–Crippen MR) is 117 cm³/mol. The molecule has 0 saturated carbocycles. The fourth-order valence-corrected chi connectivity index (χ4v) is 4.38. The second-order valence-electron chi connectivity index (χ2n) is 7.71. The van der Waals surface area contributed by atoms with E-state index in [4.69, 9.17) is 26.2 Å². The molecule has 1 aliphatic heterocycles. The van der Waals surface area contributed by atoms with Gasteiger partial charge in [-0.2, -0.15) is 0 Å². The maximum Gasteiger partial charge on any atom is 0.307 e. The van der Waals surface area contributed by atoms with E-state index in [1.807, 2.05) is 25.2 Å². The first kappa shape index (κ1) is 21.2. The van der Waals surface area contributed by atoms with E-state index in [2.05, 4.69) is 5.32 Å². The Morgan fingerprint density at radius 1 is 1.26 bits per heavy atom. The maximum absolute atomic E-state index is 13.3. The minimum atomic E-state index is -0.883. The number of rotatable bonds is 6. The van der Waals surface area contributed by atoms with Gasteiger partial charge >= 0.3 is 5.97 Å². The first-order valence-electron chi connectivity index (χ1n) is 9.88. The number of nitrogens with one attached hydrogen (secondary N) is 1. The summed E-state index contributed by atoms with van der Waals surface area (Å²) in [6.45, 7) is 0.866. The van der Waals surface area contributed by atoms with Crippen molar-refractivity contribution >= 4 is 34.4 Å². The summed E-state index contributed by atoms with van der Waals surface area (Å²) in [6, 6.07) is 12.7. The number of hydrogen-bond donors (Lipinski definition) is 2. The summed E-state index contributed by atoms with van der Waals surface area (Å²) in [6.07, 6.45) is 0.575. The summed E-state index contributed by atoms with van der Waals surface area (Å²) >= 11 is 6.44. The molecule has 31 heavy (non-hydrogen) atoms. The molecule has 1 amide bonds. The fourth-order valence-electron chi connectivity index (χ4n) is 4.09. The molecule has 0 bridgehead atoms. The van der Waals surface area contributed by atoms with Gasteiger partial charge in [0, 0.05) is 25.5 Å². The zero-order valence-corrected chi connectivity index (χ0v) is 18.0. The fraction of sp³-hybridized carbons (Fsp3) is 0.304. The van der Waals surface area contributed by atoms with Crippen molar-refractivity contribution in [3.8, 4) is 5.75 Å². The molecule has 1 fully saturated rings. The minimum absolute atomic E-state index is 0.0453. The van der Waals surface area contributed by atoms with Gasteiger partial charge in [-0.05, 0) is 29.3 Å². The highest BCUT2D eigenvalue weighted by Crippen LogP contribution is 2.35. The van der Waals surface area contributed by atoms with Gasteiger partial charge in [-0.15, -0.1) is 0 Å². The van der Waals surface area contributed by atoms with Gasteiger partial charge in [0.2, 0.25) is 0 Å². The monoisotopic (exact) mass is 442 g/mol. The number of carbonyl (C=O) groups excluding carboxylic acids is 1. The normalized spacial score (nSPS) is 18.3. The second-order valence-corrected chi connectivity index (χ2v) is 8.09. The zero-order valence-electron chi connectivity index (χ0n) is 17.3. The number of carboxylic acid groups (broad SMARTS) is 1. The van der Waals surface area contributed by atoms with Gasteiger partial charge in [-0.25, -0.2) is 0 Å². The van der Waals surface area contributed by atoms with Crippen LogP contribution in [0.5, 0.6) is 5.75 Å². The highest BCUT2D eigenvalue weighted by molar-refractivity contribution is 6.37. The summed E-state index contributed by atoms with van der Waals surface area (Å²) < 4.78 is 12.7. The van der Waals surface area contributed by atoms with Crippen LogP contribution in [0.4, 0.5) is 0 Å². The standard InChI is InChI=1S/C23H23ClN2O5/c1-26-17-7-8-19(30-2)21(24)16(17)12-18(26)22(29)25-23(9-10-31-13-23)15-5-3-14(4-6-15)11-20(27)28/h3-8,12H,9-11,13H2,1-2H3,(H,25,29)(H,27,28). The van der Waals surface area contributed by atoms with Crippen molar-refractivity contribution in [2.24, 2.45) is 7.05 Å². The molecule has 1 atom stereocenters. The molecule has 4 rings (SSSR count). The number of halogens is 1. The molecule has 8 heteroatoms. The summed E-state index contributed by atoms with van der Waals surface area (Å²) in [4.78, 5) is 24.3. The number of amides is 1. The van der Waals surface area contributed by atoms with Gasteiger partial charge in [0.15, 0.2) is 0 Å². The summed E-state index contributed by atoms with van der Waals surface area (Å²) in [5.41, 5.74) is 2.20. The number of aliphatic carboxylic acids is 1. The lowest BCUT2D eigenvalue weighted by atomic mass is 9.88. The van der Waals surface area contributed by atoms with Crippen LogP contribution in [0.3, 0.4) is 0 Å². The van der Waals surface area contributed by atoms with Crippen molar-refractivity contribution in [1.29, 1.82) is 0 Å². The molecule has 2 N–H and O–H groups in total. The van der Waals surface area contributed by atoms with Gasteiger partial charge in [-0.1, -0.05) is 35.9 Å². The van der Waals surface area contributed by atoms with Crippen LogP contribution in [-0.2, 0) is 28.5 Å². The van der Waals surface area contributed by atoms with Gasteiger partial charge in [0.1, 0.15) is 11.4 Å². The molecule has 1 unspecified atom stereocenters. The smallest absolute Gasteiger partial charge is 0.307 e. The van der Waals surface area contributed by atoms with Crippen molar-refractivity contribution in [3.05, 3.63) is 64.3 Å². The molecule has 162 valence electrons. The molecule has 3 aromatic rings.